The van der Waals surface area contributed by atoms with Crippen molar-refractivity contribution in [2.24, 2.45) is 5.73 Å². The van der Waals surface area contributed by atoms with Gasteiger partial charge < -0.3 is 25.8 Å². The highest BCUT2D eigenvalue weighted by Crippen LogP contribution is 2.28. The van der Waals surface area contributed by atoms with Gasteiger partial charge in [0.05, 0.1) is 12.3 Å². The molecule has 0 radical (unpaired) electrons. The molecule has 4 atom stereocenters. The molecule has 0 aromatic carbocycles. The van der Waals surface area contributed by atoms with Crippen LogP contribution >= 0.6 is 0 Å². The number of hydrogen-bond acceptors (Lipinski definition) is 7. The summed E-state index contributed by atoms with van der Waals surface area (Å²) in [5, 5.41) is 32.2. The molecule has 0 bridgehead atoms. The van der Waals surface area contributed by atoms with Gasteiger partial charge in [-0.2, -0.15) is 0 Å². The normalized spacial score (nSPS) is 32.9. The fraction of sp³-hybridized carbons (Fsp3) is 0.556. The Morgan fingerprint density at radius 3 is 2.71 bits per heavy atom. The van der Waals surface area contributed by atoms with Crippen molar-refractivity contribution >= 4 is 5.70 Å². The lowest BCUT2D eigenvalue weighted by molar-refractivity contribution is -0.0588. The van der Waals surface area contributed by atoms with Gasteiger partial charge in [-0.1, -0.05) is 6.58 Å². The smallest absolute Gasteiger partial charge is 0.196 e. The summed E-state index contributed by atoms with van der Waals surface area (Å²) < 4.78 is 6.49. The highest BCUT2D eigenvalue weighted by molar-refractivity contribution is 5.51. The molecule has 0 spiro atoms. The van der Waals surface area contributed by atoms with Crippen molar-refractivity contribution < 1.29 is 20.1 Å². The summed E-state index contributed by atoms with van der Waals surface area (Å²) in [4.78, 5) is 3.86. The monoisotopic (exact) mass is 242 g/mol. The maximum absolute atomic E-state index is 9.73. The summed E-state index contributed by atoms with van der Waals surface area (Å²) in [6, 6.07) is 0. The van der Waals surface area contributed by atoms with Crippen LogP contribution < -0.4 is 5.73 Å². The molecular weight excluding hydrogens is 228 g/mol. The molecule has 1 aliphatic heterocycles. The van der Waals surface area contributed by atoms with E-state index in [1.807, 2.05) is 0 Å². The van der Waals surface area contributed by atoms with Crippen LogP contribution in [0.15, 0.2) is 12.9 Å². The highest BCUT2D eigenvalue weighted by atomic mass is 16.6. The molecule has 5 N–H and O–H groups in total. The molecule has 17 heavy (non-hydrogen) atoms. The second-order valence-corrected chi connectivity index (χ2v) is 3.80. The number of hydrogen-bond donors (Lipinski definition) is 4. The Kier molecular flexibility index (Phi) is 3.11. The Balaban J connectivity index is 2.19. The lowest BCUT2D eigenvalue weighted by atomic mass is 10.1. The summed E-state index contributed by atoms with van der Waals surface area (Å²) in [5.74, 6) is 0.225. The van der Waals surface area contributed by atoms with E-state index in [4.69, 9.17) is 15.6 Å². The average Bonchev–Trinajstić information content (AvgIpc) is 2.87. The summed E-state index contributed by atoms with van der Waals surface area (Å²) in [5.41, 5.74) is 5.61. The van der Waals surface area contributed by atoms with E-state index in [2.05, 4.69) is 16.7 Å². The summed E-state index contributed by atoms with van der Waals surface area (Å²) >= 11 is 0. The lowest BCUT2D eigenvalue weighted by Gasteiger charge is -2.13. The van der Waals surface area contributed by atoms with Crippen LogP contribution in [0.2, 0.25) is 0 Å². The number of aliphatic hydroxyl groups is 3. The van der Waals surface area contributed by atoms with E-state index < -0.39 is 24.5 Å². The number of aromatic nitrogens is 3. The lowest BCUT2D eigenvalue weighted by Crippen LogP contribution is -2.33. The van der Waals surface area contributed by atoms with Crippen molar-refractivity contribution in [3.8, 4) is 0 Å². The topological polar surface area (TPSA) is 127 Å². The van der Waals surface area contributed by atoms with Gasteiger partial charge in [0.1, 0.15) is 24.6 Å². The van der Waals surface area contributed by atoms with Crippen molar-refractivity contribution in [3.05, 3.63) is 18.7 Å². The second kappa shape index (κ2) is 4.41. The van der Waals surface area contributed by atoms with Crippen molar-refractivity contribution in [3.63, 3.8) is 0 Å². The van der Waals surface area contributed by atoms with Crippen LogP contribution in [0.5, 0.6) is 0 Å². The number of ether oxygens (including phenoxy) is 1. The molecular formula is C9H14N4O4. The quantitative estimate of drug-likeness (QED) is 0.474. The second-order valence-electron chi connectivity index (χ2n) is 3.80. The first-order valence-corrected chi connectivity index (χ1v) is 5.03. The first kappa shape index (κ1) is 12.0. The van der Waals surface area contributed by atoms with Gasteiger partial charge >= 0.3 is 0 Å². The van der Waals surface area contributed by atoms with E-state index in [9.17, 15) is 10.2 Å². The molecule has 4 unspecified atom stereocenters. The van der Waals surface area contributed by atoms with Crippen molar-refractivity contribution in [2.75, 3.05) is 6.61 Å². The Morgan fingerprint density at radius 2 is 2.24 bits per heavy atom. The number of nitrogens with two attached hydrogens (primary N) is 1. The highest BCUT2D eigenvalue weighted by Gasteiger charge is 2.43. The molecule has 0 amide bonds. The first-order valence-electron chi connectivity index (χ1n) is 5.03. The first-order chi connectivity index (χ1) is 8.04. The molecule has 1 aromatic rings. The van der Waals surface area contributed by atoms with Crippen molar-refractivity contribution in [2.45, 2.75) is 24.5 Å². The van der Waals surface area contributed by atoms with E-state index >= 15 is 0 Å². The molecule has 1 aliphatic rings. The molecule has 1 aromatic heterocycles. The maximum Gasteiger partial charge on any atom is 0.196 e. The van der Waals surface area contributed by atoms with Crippen molar-refractivity contribution in [1.82, 2.24) is 14.8 Å². The predicted octanol–water partition coefficient (Wildman–Crippen LogP) is -2.18. The Bertz CT molecular complexity index is 421. The minimum atomic E-state index is -1.19. The molecule has 8 nitrogen and oxygen atoms in total. The van der Waals surface area contributed by atoms with Gasteiger partial charge in [0.15, 0.2) is 12.1 Å². The molecule has 94 valence electrons. The Morgan fingerprint density at radius 1 is 1.53 bits per heavy atom. The van der Waals surface area contributed by atoms with Crippen LogP contribution in [0.3, 0.4) is 0 Å². The Labute approximate surface area is 97.0 Å². The van der Waals surface area contributed by atoms with Crippen molar-refractivity contribution in [1.29, 1.82) is 0 Å². The van der Waals surface area contributed by atoms with Gasteiger partial charge in [-0.25, -0.2) is 9.67 Å². The van der Waals surface area contributed by atoms with Gasteiger partial charge in [-0.15, -0.1) is 5.10 Å². The van der Waals surface area contributed by atoms with Gasteiger partial charge in [0.25, 0.3) is 0 Å². The fourth-order valence-corrected chi connectivity index (χ4v) is 1.64. The minimum Gasteiger partial charge on any atom is -0.396 e. The predicted molar refractivity (Wildman–Crippen MR) is 56.3 cm³/mol. The molecule has 8 heteroatoms. The molecule has 1 saturated heterocycles. The van der Waals surface area contributed by atoms with Gasteiger partial charge in [0, 0.05) is 0 Å². The van der Waals surface area contributed by atoms with Crippen LogP contribution in [-0.4, -0.2) is 55.0 Å². The van der Waals surface area contributed by atoms with Crippen LogP contribution in [-0.2, 0) is 4.74 Å². The zero-order valence-electron chi connectivity index (χ0n) is 8.97. The minimum absolute atomic E-state index is 0.190. The van der Waals surface area contributed by atoms with E-state index in [0.29, 0.717) is 0 Å². The average molecular weight is 242 g/mol. The largest absolute Gasteiger partial charge is 0.396 e. The molecule has 1 fully saturated rings. The third kappa shape index (κ3) is 2.03. The fourth-order valence-electron chi connectivity index (χ4n) is 1.64. The summed E-state index contributed by atoms with van der Waals surface area (Å²) in [6.07, 6.45) is -2.79. The third-order valence-electron chi connectivity index (χ3n) is 2.57. The van der Waals surface area contributed by atoms with E-state index in [-0.39, 0.29) is 18.1 Å². The van der Waals surface area contributed by atoms with Crippen LogP contribution in [0.4, 0.5) is 0 Å². The standard InChI is InChI=1S/C9H14N4O4/c1-4(10)8-11-3-13(12-8)9-7(16)6(15)5(2-14)17-9/h3,5-7,9,14-16H,1-2,10H2. The van der Waals surface area contributed by atoms with Crippen LogP contribution in [0.1, 0.15) is 12.1 Å². The maximum atomic E-state index is 9.73. The molecule has 2 rings (SSSR count). The van der Waals surface area contributed by atoms with Gasteiger partial charge in [-0.05, 0) is 0 Å². The SMILES string of the molecule is C=C(N)c1ncn(C2OC(CO)C(O)C2O)n1. The zero-order valence-corrected chi connectivity index (χ0v) is 8.97. The number of nitrogens with zero attached hydrogens (tertiary/aromatic N) is 3. The zero-order chi connectivity index (χ0) is 12.6. The number of rotatable bonds is 3. The van der Waals surface area contributed by atoms with E-state index in [0.717, 1.165) is 0 Å². The van der Waals surface area contributed by atoms with Gasteiger partial charge in [-0.3, -0.25) is 0 Å². The van der Waals surface area contributed by atoms with Crippen LogP contribution in [0, 0.1) is 0 Å². The molecule has 2 heterocycles. The van der Waals surface area contributed by atoms with E-state index in [1.165, 1.54) is 11.0 Å². The van der Waals surface area contributed by atoms with Crippen LogP contribution in [0.25, 0.3) is 5.70 Å². The molecule has 0 aliphatic carbocycles. The third-order valence-corrected chi connectivity index (χ3v) is 2.57. The van der Waals surface area contributed by atoms with E-state index in [1.54, 1.807) is 0 Å². The molecule has 0 saturated carbocycles. The number of aliphatic hydroxyl groups excluding tert-OH is 3. The Hall–Kier alpha value is -1.48. The summed E-state index contributed by atoms with van der Waals surface area (Å²) in [7, 11) is 0. The summed E-state index contributed by atoms with van der Waals surface area (Å²) in [6.45, 7) is 3.09. The van der Waals surface area contributed by atoms with Gasteiger partial charge in [0.2, 0.25) is 0 Å².